The molecule has 6 aromatic rings. The molecule has 0 spiro atoms. The Labute approximate surface area is 179 Å². The van der Waals surface area contributed by atoms with Gasteiger partial charge in [0.25, 0.3) is 0 Å². The Morgan fingerprint density at radius 3 is 1.20 bits per heavy atom. The van der Waals surface area contributed by atoms with Gasteiger partial charge in [0.15, 0.2) is 11.5 Å². The Kier molecular flexibility index (Phi) is 4.11. The summed E-state index contributed by atoms with van der Waals surface area (Å²) in [4.78, 5) is 4.22. The van der Waals surface area contributed by atoms with Crippen LogP contribution >= 0.6 is 22.7 Å². The van der Waals surface area contributed by atoms with Crippen molar-refractivity contribution in [2.75, 3.05) is 0 Å². The van der Waals surface area contributed by atoms with Crippen LogP contribution in [0.25, 0.3) is 54.1 Å². The number of hydrogen-bond acceptors (Lipinski definition) is 6. The molecule has 0 fully saturated rings. The van der Waals surface area contributed by atoms with Crippen LogP contribution in [0.15, 0.2) is 103 Å². The second-order valence-electron chi connectivity index (χ2n) is 6.61. The molecule has 0 aliphatic heterocycles. The molecule has 0 unspecified atom stereocenters. The van der Waals surface area contributed by atoms with Crippen LogP contribution in [0, 0.1) is 0 Å². The molecule has 6 heteroatoms. The van der Waals surface area contributed by atoms with Crippen molar-refractivity contribution >= 4 is 22.7 Å². The number of thiophene rings is 2. The third kappa shape index (κ3) is 3.07. The number of furan rings is 4. The molecule has 0 atom stereocenters. The topological polar surface area (TPSA) is 52.6 Å². The summed E-state index contributed by atoms with van der Waals surface area (Å²) >= 11 is 3.26. The van der Waals surface area contributed by atoms with Gasteiger partial charge < -0.3 is 17.7 Å². The first-order valence-corrected chi connectivity index (χ1v) is 10.9. The summed E-state index contributed by atoms with van der Waals surface area (Å²) in [6, 6.07) is 23.7. The molecule has 0 aliphatic carbocycles. The minimum atomic E-state index is 0.701. The second kappa shape index (κ2) is 7.09. The van der Waals surface area contributed by atoms with Gasteiger partial charge in [0.2, 0.25) is 0 Å². The van der Waals surface area contributed by atoms with Crippen molar-refractivity contribution in [2.45, 2.75) is 0 Å². The van der Waals surface area contributed by atoms with Crippen molar-refractivity contribution in [2.24, 2.45) is 0 Å². The Morgan fingerprint density at radius 2 is 0.800 bits per heavy atom. The lowest BCUT2D eigenvalue weighted by Crippen LogP contribution is -1.66. The zero-order valence-corrected chi connectivity index (χ0v) is 17.2. The Hall–Kier alpha value is -3.48. The molecule has 4 nitrogen and oxygen atoms in total. The van der Waals surface area contributed by atoms with Gasteiger partial charge in [-0.25, -0.2) is 0 Å². The zero-order valence-electron chi connectivity index (χ0n) is 15.5. The van der Waals surface area contributed by atoms with E-state index in [1.54, 1.807) is 35.2 Å². The molecule has 30 heavy (non-hydrogen) atoms. The highest BCUT2D eigenvalue weighted by Gasteiger charge is 2.15. The van der Waals surface area contributed by atoms with E-state index in [-0.39, 0.29) is 0 Å². The maximum atomic E-state index is 6.07. The Bertz CT molecular complexity index is 1280. The van der Waals surface area contributed by atoms with Crippen molar-refractivity contribution < 1.29 is 17.7 Å². The molecule has 0 saturated carbocycles. The van der Waals surface area contributed by atoms with Crippen molar-refractivity contribution in [3.63, 3.8) is 0 Å². The van der Waals surface area contributed by atoms with Crippen molar-refractivity contribution in [1.29, 1.82) is 0 Å². The summed E-state index contributed by atoms with van der Waals surface area (Å²) in [5.74, 6) is 4.74. The van der Waals surface area contributed by atoms with E-state index >= 15 is 0 Å². The fourth-order valence-corrected chi connectivity index (χ4v) is 5.12. The summed E-state index contributed by atoms with van der Waals surface area (Å²) in [5, 5.41) is 0. The van der Waals surface area contributed by atoms with Gasteiger partial charge in [0.1, 0.15) is 23.0 Å². The van der Waals surface area contributed by atoms with Gasteiger partial charge in [-0.2, -0.15) is 0 Å². The highest BCUT2D eigenvalue weighted by Crippen LogP contribution is 2.39. The summed E-state index contributed by atoms with van der Waals surface area (Å²) in [5.41, 5.74) is 0. The van der Waals surface area contributed by atoms with E-state index in [1.165, 1.54) is 0 Å². The molecular weight excluding hydrogens is 416 g/mol. The van der Waals surface area contributed by atoms with Gasteiger partial charge in [-0.05, 0) is 72.8 Å². The Balaban J connectivity index is 1.26. The third-order valence-electron chi connectivity index (χ3n) is 4.68. The molecule has 0 aromatic carbocycles. The van der Waals surface area contributed by atoms with E-state index in [9.17, 15) is 0 Å². The predicted molar refractivity (Wildman–Crippen MR) is 118 cm³/mol. The minimum absolute atomic E-state index is 0.701. The van der Waals surface area contributed by atoms with Crippen LogP contribution in [0.3, 0.4) is 0 Å². The molecule has 0 aliphatic rings. The van der Waals surface area contributed by atoms with E-state index in [1.807, 2.05) is 72.8 Å². The van der Waals surface area contributed by atoms with Crippen LogP contribution in [0.1, 0.15) is 0 Å². The average Bonchev–Trinajstić information content (AvgIpc) is 3.62. The average molecular weight is 431 g/mol. The number of hydrogen-bond donors (Lipinski definition) is 0. The Morgan fingerprint density at radius 1 is 0.400 bits per heavy atom. The van der Waals surface area contributed by atoms with Crippen LogP contribution in [0.4, 0.5) is 0 Å². The molecule has 0 bridgehead atoms. The summed E-state index contributed by atoms with van der Waals surface area (Å²) < 4.78 is 23.1. The lowest BCUT2D eigenvalue weighted by molar-refractivity contribution is 0.540. The normalized spacial score (nSPS) is 11.3. The first-order valence-electron chi connectivity index (χ1n) is 9.32. The lowest BCUT2D eigenvalue weighted by atomic mass is 10.3. The smallest absolute Gasteiger partial charge is 0.170 e. The highest BCUT2D eigenvalue weighted by molar-refractivity contribution is 7.19. The van der Waals surface area contributed by atoms with Crippen molar-refractivity contribution in [3.8, 4) is 54.1 Å². The summed E-state index contributed by atoms with van der Waals surface area (Å²) in [7, 11) is 0. The SMILES string of the molecule is c1coc(-c2ccc(-c3ccc(-c4ccc(-c5ccc(-c6ccco6)s5)o4)o3)s2)c1. The van der Waals surface area contributed by atoms with E-state index in [4.69, 9.17) is 17.7 Å². The highest BCUT2D eigenvalue weighted by atomic mass is 32.1. The van der Waals surface area contributed by atoms with E-state index in [2.05, 4.69) is 0 Å². The van der Waals surface area contributed by atoms with Crippen LogP contribution in [0.5, 0.6) is 0 Å². The lowest BCUT2D eigenvalue weighted by Gasteiger charge is -1.94. The third-order valence-corrected chi connectivity index (χ3v) is 6.91. The summed E-state index contributed by atoms with van der Waals surface area (Å²) in [6.45, 7) is 0. The quantitative estimate of drug-likeness (QED) is 0.275. The molecule has 0 N–H and O–H groups in total. The van der Waals surface area contributed by atoms with Crippen LogP contribution < -0.4 is 0 Å². The van der Waals surface area contributed by atoms with Crippen molar-refractivity contribution in [3.05, 3.63) is 85.3 Å². The fraction of sp³-hybridized carbons (Fsp3) is 0. The maximum Gasteiger partial charge on any atom is 0.170 e. The van der Waals surface area contributed by atoms with Gasteiger partial charge in [0, 0.05) is 0 Å². The molecule has 0 saturated heterocycles. The molecule has 6 rings (SSSR count). The minimum Gasteiger partial charge on any atom is -0.464 e. The van der Waals surface area contributed by atoms with E-state index in [0.717, 1.165) is 42.5 Å². The molecule has 6 heterocycles. The van der Waals surface area contributed by atoms with Gasteiger partial charge in [0.05, 0.1) is 32.0 Å². The van der Waals surface area contributed by atoms with Gasteiger partial charge in [-0.15, -0.1) is 22.7 Å². The summed E-state index contributed by atoms with van der Waals surface area (Å²) in [6.07, 6.45) is 3.36. The molecule has 6 aromatic heterocycles. The van der Waals surface area contributed by atoms with Crippen LogP contribution in [-0.4, -0.2) is 0 Å². The van der Waals surface area contributed by atoms with E-state index < -0.39 is 0 Å². The first-order chi connectivity index (χ1) is 14.8. The number of rotatable bonds is 5. The zero-order chi connectivity index (χ0) is 19.9. The molecule has 0 amide bonds. The van der Waals surface area contributed by atoms with Gasteiger partial charge in [-0.1, -0.05) is 0 Å². The van der Waals surface area contributed by atoms with Gasteiger partial charge >= 0.3 is 0 Å². The predicted octanol–water partition coefficient (Wildman–Crippen LogP) is 8.52. The van der Waals surface area contributed by atoms with Crippen LogP contribution in [-0.2, 0) is 0 Å². The standard InChI is InChI=1S/C24H14O4S2/c1-3-17(25-13-1)21-9-11-23(29-21)19-7-5-15(27-19)16-6-8-20(28-16)24-12-10-22(30-24)18-4-2-14-26-18/h1-14H. The maximum absolute atomic E-state index is 6.07. The monoisotopic (exact) mass is 430 g/mol. The molecule has 0 radical (unpaired) electrons. The largest absolute Gasteiger partial charge is 0.464 e. The molecular formula is C24H14O4S2. The fourth-order valence-electron chi connectivity index (χ4n) is 3.25. The molecule has 146 valence electrons. The van der Waals surface area contributed by atoms with Crippen molar-refractivity contribution in [1.82, 2.24) is 0 Å². The van der Waals surface area contributed by atoms with Gasteiger partial charge in [-0.3, -0.25) is 0 Å². The van der Waals surface area contributed by atoms with E-state index in [0.29, 0.717) is 11.5 Å². The first kappa shape index (κ1) is 17.4. The second-order valence-corrected chi connectivity index (χ2v) is 8.78. The van der Waals surface area contributed by atoms with Crippen LogP contribution in [0.2, 0.25) is 0 Å².